The second kappa shape index (κ2) is 9.78. The van der Waals surface area contributed by atoms with Crippen LogP contribution in [0.5, 0.6) is 5.75 Å². The Bertz CT molecular complexity index is 698. The molecule has 1 atom stereocenters. The molecule has 23 heavy (non-hydrogen) atoms. The summed E-state index contributed by atoms with van der Waals surface area (Å²) in [6.45, 7) is 0.938. The molecule has 3 rings (SSSR count). The van der Waals surface area contributed by atoms with Crippen molar-refractivity contribution in [2.75, 3.05) is 13.6 Å². The fourth-order valence-corrected chi connectivity index (χ4v) is 3.25. The van der Waals surface area contributed by atoms with E-state index in [-0.39, 0.29) is 30.9 Å². The summed E-state index contributed by atoms with van der Waals surface area (Å²) in [5, 5.41) is 7.70. The lowest BCUT2D eigenvalue weighted by Gasteiger charge is -2.19. The van der Waals surface area contributed by atoms with E-state index < -0.39 is 0 Å². The van der Waals surface area contributed by atoms with Crippen molar-refractivity contribution < 1.29 is 4.74 Å². The van der Waals surface area contributed by atoms with Crippen LogP contribution in [0.3, 0.4) is 0 Å². The highest BCUT2D eigenvalue weighted by atomic mass is 35.5. The summed E-state index contributed by atoms with van der Waals surface area (Å²) < 4.78 is 6.34. The molecule has 1 N–H and O–H groups in total. The number of halogens is 2. The van der Waals surface area contributed by atoms with Gasteiger partial charge < -0.3 is 10.1 Å². The summed E-state index contributed by atoms with van der Waals surface area (Å²) in [7, 11) is 1.98. The minimum Gasteiger partial charge on any atom is -0.484 e. The highest BCUT2D eigenvalue weighted by Gasteiger charge is 2.15. The van der Waals surface area contributed by atoms with E-state index in [2.05, 4.69) is 65.3 Å². The molecule has 2 aromatic carbocycles. The second-order valence-electron chi connectivity index (χ2n) is 4.99. The first kappa shape index (κ1) is 19.8. The molecule has 0 spiro atoms. The van der Waals surface area contributed by atoms with Gasteiger partial charge in [-0.25, -0.2) is 0 Å². The Morgan fingerprint density at radius 3 is 2.52 bits per heavy atom. The van der Waals surface area contributed by atoms with Crippen molar-refractivity contribution in [2.45, 2.75) is 12.5 Å². The van der Waals surface area contributed by atoms with Crippen LogP contribution in [0.25, 0.3) is 10.8 Å². The average Bonchev–Trinajstić information content (AvgIpc) is 3.06. The summed E-state index contributed by atoms with van der Waals surface area (Å²) in [6.07, 6.45) is 1.06. The summed E-state index contributed by atoms with van der Waals surface area (Å²) in [4.78, 5) is 1.28. The number of rotatable bonds is 6. The molecule has 0 bridgehead atoms. The molecular formula is C18H21Cl2NOS. The molecule has 0 radical (unpaired) electrons. The van der Waals surface area contributed by atoms with Crippen LogP contribution < -0.4 is 10.1 Å². The summed E-state index contributed by atoms with van der Waals surface area (Å²) in [6, 6.07) is 18.8. The van der Waals surface area contributed by atoms with Crippen molar-refractivity contribution in [3.05, 3.63) is 64.9 Å². The predicted octanol–water partition coefficient (Wildman–Crippen LogP) is 5.47. The fraction of sp³-hybridized carbons (Fsp3) is 0.222. The first-order valence-electron chi connectivity index (χ1n) is 7.21. The van der Waals surface area contributed by atoms with Gasteiger partial charge >= 0.3 is 0 Å². The molecule has 0 aliphatic rings. The van der Waals surface area contributed by atoms with E-state index in [9.17, 15) is 0 Å². The van der Waals surface area contributed by atoms with Crippen molar-refractivity contribution >= 4 is 46.9 Å². The maximum Gasteiger partial charge on any atom is 0.134 e. The number of hydrogen-bond acceptors (Lipinski definition) is 3. The quantitative estimate of drug-likeness (QED) is 0.621. The molecule has 5 heteroatoms. The molecule has 0 aliphatic heterocycles. The number of ether oxygens (including phenoxy) is 1. The lowest BCUT2D eigenvalue weighted by atomic mass is 10.1. The van der Waals surface area contributed by atoms with Crippen LogP contribution >= 0.6 is 36.2 Å². The normalized spacial score (nSPS) is 11.3. The van der Waals surface area contributed by atoms with Crippen LogP contribution in [0, 0.1) is 0 Å². The molecule has 1 aromatic heterocycles. The summed E-state index contributed by atoms with van der Waals surface area (Å²) >= 11 is 1.75. The van der Waals surface area contributed by atoms with Crippen molar-refractivity contribution in [2.24, 2.45) is 0 Å². The Kier molecular flexibility index (Phi) is 8.42. The highest BCUT2D eigenvalue weighted by molar-refractivity contribution is 7.10. The van der Waals surface area contributed by atoms with Crippen molar-refractivity contribution in [3.8, 4) is 5.75 Å². The van der Waals surface area contributed by atoms with E-state index in [4.69, 9.17) is 4.74 Å². The largest absolute Gasteiger partial charge is 0.484 e. The van der Waals surface area contributed by atoms with Gasteiger partial charge in [-0.15, -0.1) is 36.2 Å². The lowest BCUT2D eigenvalue weighted by Crippen LogP contribution is -2.15. The second-order valence-corrected chi connectivity index (χ2v) is 5.97. The van der Waals surface area contributed by atoms with E-state index in [1.54, 1.807) is 11.3 Å². The number of benzene rings is 2. The SMILES string of the molecule is CNCC[C@@H](Oc1cccc2ccccc12)c1cccs1.Cl.Cl. The van der Waals surface area contributed by atoms with Gasteiger partial charge in [-0.1, -0.05) is 42.5 Å². The van der Waals surface area contributed by atoms with Gasteiger partial charge in [0.15, 0.2) is 0 Å². The van der Waals surface area contributed by atoms with Crippen molar-refractivity contribution in [1.82, 2.24) is 5.32 Å². The average molecular weight is 370 g/mol. The monoisotopic (exact) mass is 369 g/mol. The van der Waals surface area contributed by atoms with E-state index in [1.165, 1.54) is 15.6 Å². The fourth-order valence-electron chi connectivity index (χ4n) is 2.46. The number of hydrogen-bond donors (Lipinski definition) is 1. The Hall–Kier alpha value is -1.26. The Labute approximate surface area is 153 Å². The van der Waals surface area contributed by atoms with Gasteiger partial charge in [-0.2, -0.15) is 0 Å². The number of thiophene rings is 1. The standard InChI is InChI=1S/C18H19NOS.2ClH/c1-19-12-11-17(18-10-5-13-21-18)20-16-9-4-7-14-6-2-3-8-15(14)16;;/h2-10,13,17,19H,11-12H2,1H3;2*1H/t17-;;/m1../s1. The van der Waals surface area contributed by atoms with Crippen LogP contribution in [-0.4, -0.2) is 13.6 Å². The van der Waals surface area contributed by atoms with E-state index in [0.717, 1.165) is 18.7 Å². The summed E-state index contributed by atoms with van der Waals surface area (Å²) in [5.74, 6) is 0.961. The zero-order chi connectivity index (χ0) is 14.5. The van der Waals surface area contributed by atoms with E-state index in [1.807, 2.05) is 7.05 Å². The van der Waals surface area contributed by atoms with Gasteiger partial charge in [0.05, 0.1) is 0 Å². The molecule has 0 aliphatic carbocycles. The van der Waals surface area contributed by atoms with Gasteiger partial charge in [0, 0.05) is 16.7 Å². The van der Waals surface area contributed by atoms with Gasteiger partial charge in [-0.05, 0) is 36.5 Å². The van der Waals surface area contributed by atoms with E-state index in [0.29, 0.717) is 0 Å². The van der Waals surface area contributed by atoms with Gasteiger partial charge in [0.2, 0.25) is 0 Å². The molecule has 124 valence electrons. The zero-order valence-electron chi connectivity index (χ0n) is 12.9. The topological polar surface area (TPSA) is 21.3 Å². The van der Waals surface area contributed by atoms with Crippen LogP contribution in [0.15, 0.2) is 60.0 Å². The molecule has 0 fully saturated rings. The van der Waals surface area contributed by atoms with Crippen molar-refractivity contribution in [3.63, 3.8) is 0 Å². The minimum atomic E-state index is 0. The molecule has 0 saturated carbocycles. The van der Waals surface area contributed by atoms with Gasteiger partial charge in [0.25, 0.3) is 0 Å². The van der Waals surface area contributed by atoms with Crippen LogP contribution in [-0.2, 0) is 0 Å². The Morgan fingerprint density at radius 1 is 1.00 bits per heavy atom. The molecule has 1 heterocycles. The maximum atomic E-state index is 6.34. The third-order valence-electron chi connectivity index (χ3n) is 3.54. The van der Waals surface area contributed by atoms with Crippen LogP contribution in [0.4, 0.5) is 0 Å². The van der Waals surface area contributed by atoms with Crippen LogP contribution in [0.1, 0.15) is 17.4 Å². The smallest absolute Gasteiger partial charge is 0.134 e. The number of nitrogens with one attached hydrogen (secondary N) is 1. The minimum absolute atomic E-state index is 0. The third-order valence-corrected chi connectivity index (χ3v) is 4.50. The van der Waals surface area contributed by atoms with Crippen molar-refractivity contribution in [1.29, 1.82) is 0 Å². The molecule has 2 nitrogen and oxygen atoms in total. The number of fused-ring (bicyclic) bond motifs is 1. The Morgan fingerprint density at radius 2 is 1.78 bits per heavy atom. The molecule has 3 aromatic rings. The first-order valence-corrected chi connectivity index (χ1v) is 8.09. The van der Waals surface area contributed by atoms with E-state index >= 15 is 0 Å². The molecule has 0 saturated heterocycles. The van der Waals surface area contributed by atoms with Gasteiger partial charge in [0.1, 0.15) is 11.9 Å². The zero-order valence-corrected chi connectivity index (χ0v) is 15.3. The predicted molar refractivity (Wildman–Crippen MR) is 105 cm³/mol. The highest BCUT2D eigenvalue weighted by Crippen LogP contribution is 2.32. The Balaban J connectivity index is 0.00000132. The van der Waals surface area contributed by atoms with Crippen LogP contribution in [0.2, 0.25) is 0 Å². The summed E-state index contributed by atoms with van der Waals surface area (Å²) in [5.41, 5.74) is 0. The lowest BCUT2D eigenvalue weighted by molar-refractivity contribution is 0.201. The molecular weight excluding hydrogens is 349 g/mol. The van der Waals surface area contributed by atoms with Gasteiger partial charge in [-0.3, -0.25) is 0 Å². The first-order chi connectivity index (χ1) is 10.4. The molecule has 0 unspecified atom stereocenters. The molecule has 0 amide bonds. The maximum absolute atomic E-state index is 6.34. The third kappa shape index (κ3) is 4.85.